The molecule has 0 spiro atoms. The molecule has 1 aliphatic heterocycles. The minimum atomic E-state index is -0.822. The van der Waals surface area contributed by atoms with Gasteiger partial charge in [-0.05, 0) is 25.1 Å². The van der Waals surface area contributed by atoms with Crippen LogP contribution in [-0.4, -0.2) is 73.1 Å². The summed E-state index contributed by atoms with van der Waals surface area (Å²) < 4.78 is 14.0. The lowest BCUT2D eigenvalue weighted by atomic mass is 10.1. The van der Waals surface area contributed by atoms with Gasteiger partial charge in [0, 0.05) is 51.9 Å². The number of piperazine rings is 1. The van der Waals surface area contributed by atoms with E-state index in [2.05, 4.69) is 4.90 Å². The molecular formula is C17H24FN3O3. The second-order valence-electron chi connectivity index (χ2n) is 6.34. The molecule has 0 aliphatic carbocycles. The summed E-state index contributed by atoms with van der Waals surface area (Å²) >= 11 is 0. The maximum absolute atomic E-state index is 14.0. The van der Waals surface area contributed by atoms with Gasteiger partial charge in [0.1, 0.15) is 5.82 Å². The summed E-state index contributed by atoms with van der Waals surface area (Å²) in [6.45, 7) is 4.15. The summed E-state index contributed by atoms with van der Waals surface area (Å²) in [7, 11) is 3.49. The third-order valence-corrected chi connectivity index (χ3v) is 4.37. The lowest BCUT2D eigenvalue weighted by molar-refractivity contribution is -0.138. The fourth-order valence-electron chi connectivity index (χ4n) is 2.93. The third kappa shape index (κ3) is 4.23. The normalized spacial score (nSPS) is 16.8. The van der Waals surface area contributed by atoms with Crippen LogP contribution in [-0.2, 0) is 4.79 Å². The molecular weight excluding hydrogens is 313 g/mol. The van der Waals surface area contributed by atoms with Crippen LogP contribution < -0.4 is 4.90 Å². The van der Waals surface area contributed by atoms with Crippen molar-refractivity contribution in [2.75, 3.05) is 45.2 Å². The number of hydrogen-bond donors (Lipinski definition) is 1. The van der Waals surface area contributed by atoms with Gasteiger partial charge in [0.05, 0.1) is 12.1 Å². The predicted molar refractivity (Wildman–Crippen MR) is 89.9 cm³/mol. The highest BCUT2D eigenvalue weighted by molar-refractivity contribution is 5.94. The molecule has 0 radical (unpaired) electrons. The van der Waals surface area contributed by atoms with E-state index < -0.39 is 11.8 Å². The molecule has 1 aromatic carbocycles. The minimum Gasteiger partial charge on any atom is -0.481 e. The molecule has 1 saturated heterocycles. The summed E-state index contributed by atoms with van der Waals surface area (Å²) in [4.78, 5) is 28.7. The van der Waals surface area contributed by atoms with E-state index in [-0.39, 0.29) is 18.4 Å². The van der Waals surface area contributed by atoms with Gasteiger partial charge in [-0.3, -0.25) is 14.5 Å². The first-order chi connectivity index (χ1) is 11.3. The lowest BCUT2D eigenvalue weighted by Crippen LogP contribution is -2.51. The number of aliphatic carboxylic acids is 1. The highest BCUT2D eigenvalue weighted by atomic mass is 19.1. The molecule has 24 heavy (non-hydrogen) atoms. The van der Waals surface area contributed by atoms with Crippen LogP contribution in [0.5, 0.6) is 0 Å². The Bertz CT molecular complexity index is 613. The fraction of sp³-hybridized carbons (Fsp3) is 0.529. The van der Waals surface area contributed by atoms with Gasteiger partial charge >= 0.3 is 5.97 Å². The van der Waals surface area contributed by atoms with Crippen molar-refractivity contribution in [2.45, 2.75) is 19.4 Å². The molecule has 1 amide bonds. The molecule has 1 fully saturated rings. The maximum Gasteiger partial charge on any atom is 0.304 e. The molecule has 0 bridgehead atoms. The molecule has 2 rings (SSSR count). The monoisotopic (exact) mass is 337 g/mol. The van der Waals surface area contributed by atoms with Crippen molar-refractivity contribution in [3.05, 3.63) is 29.6 Å². The van der Waals surface area contributed by atoms with E-state index in [1.807, 2.05) is 6.92 Å². The van der Waals surface area contributed by atoms with Gasteiger partial charge in [-0.1, -0.05) is 0 Å². The van der Waals surface area contributed by atoms with Crippen molar-refractivity contribution in [3.63, 3.8) is 0 Å². The molecule has 1 unspecified atom stereocenters. The fourth-order valence-corrected chi connectivity index (χ4v) is 2.93. The Morgan fingerprint density at radius 1 is 1.25 bits per heavy atom. The number of carboxylic acids is 1. The van der Waals surface area contributed by atoms with Crippen molar-refractivity contribution < 1.29 is 19.1 Å². The van der Waals surface area contributed by atoms with E-state index in [9.17, 15) is 14.0 Å². The first-order valence-corrected chi connectivity index (χ1v) is 8.01. The van der Waals surface area contributed by atoms with Crippen LogP contribution in [0.25, 0.3) is 0 Å². The lowest BCUT2D eigenvalue weighted by Gasteiger charge is -2.37. The summed E-state index contributed by atoms with van der Waals surface area (Å²) in [5.41, 5.74) is 0.781. The van der Waals surface area contributed by atoms with Crippen molar-refractivity contribution in [1.82, 2.24) is 9.80 Å². The summed E-state index contributed by atoms with van der Waals surface area (Å²) in [5, 5.41) is 8.86. The molecule has 1 aromatic rings. The van der Waals surface area contributed by atoms with Crippen LogP contribution >= 0.6 is 0 Å². The molecule has 0 saturated carbocycles. The Kier molecular flexibility index (Phi) is 5.77. The van der Waals surface area contributed by atoms with Gasteiger partial charge in [0.15, 0.2) is 0 Å². The van der Waals surface area contributed by atoms with Crippen LogP contribution in [0.15, 0.2) is 18.2 Å². The second-order valence-corrected chi connectivity index (χ2v) is 6.34. The minimum absolute atomic E-state index is 0.0587. The number of benzene rings is 1. The first-order valence-electron chi connectivity index (χ1n) is 8.01. The zero-order valence-electron chi connectivity index (χ0n) is 14.3. The standard InChI is InChI=1S/C17H24FN3O3/c1-12(10-16(22)23)20-6-8-21(9-7-20)17(24)13-4-5-15(19(2)3)14(18)11-13/h4-5,11-12H,6-10H2,1-3H3,(H,22,23). The van der Waals surface area contributed by atoms with Crippen LogP contribution in [0.2, 0.25) is 0 Å². The van der Waals surface area contributed by atoms with Gasteiger partial charge in [0.2, 0.25) is 0 Å². The smallest absolute Gasteiger partial charge is 0.304 e. The summed E-state index contributed by atoms with van der Waals surface area (Å²) in [5.74, 6) is -1.43. The molecule has 1 atom stereocenters. The molecule has 132 valence electrons. The highest BCUT2D eigenvalue weighted by Gasteiger charge is 2.26. The van der Waals surface area contributed by atoms with Gasteiger partial charge in [-0.2, -0.15) is 0 Å². The molecule has 1 aliphatic rings. The Morgan fingerprint density at radius 3 is 2.38 bits per heavy atom. The summed E-state index contributed by atoms with van der Waals surface area (Å²) in [6.07, 6.45) is 0.0884. The van der Waals surface area contributed by atoms with E-state index in [0.29, 0.717) is 37.4 Å². The number of rotatable bonds is 5. The molecule has 6 nitrogen and oxygen atoms in total. The second kappa shape index (κ2) is 7.61. The SMILES string of the molecule is CC(CC(=O)O)N1CCN(C(=O)c2ccc(N(C)C)c(F)c2)CC1. The average Bonchev–Trinajstić information content (AvgIpc) is 2.53. The molecule has 7 heteroatoms. The topological polar surface area (TPSA) is 64.1 Å². The number of carboxylic acid groups (broad SMARTS) is 1. The zero-order chi connectivity index (χ0) is 17.9. The zero-order valence-corrected chi connectivity index (χ0v) is 14.3. The number of anilines is 1. The van der Waals surface area contributed by atoms with Crippen molar-refractivity contribution >= 4 is 17.6 Å². The largest absolute Gasteiger partial charge is 0.481 e. The van der Waals surface area contributed by atoms with E-state index in [1.54, 1.807) is 36.0 Å². The Morgan fingerprint density at radius 2 is 1.88 bits per heavy atom. The third-order valence-electron chi connectivity index (χ3n) is 4.37. The van der Waals surface area contributed by atoms with Gasteiger partial charge < -0.3 is 14.9 Å². The number of carbonyl (C=O) groups excluding carboxylic acids is 1. The Labute approximate surface area is 141 Å². The number of halogens is 1. The quantitative estimate of drug-likeness (QED) is 0.882. The van der Waals surface area contributed by atoms with Gasteiger partial charge in [-0.15, -0.1) is 0 Å². The van der Waals surface area contributed by atoms with Crippen LogP contribution in [0.1, 0.15) is 23.7 Å². The number of nitrogens with zero attached hydrogens (tertiary/aromatic N) is 3. The van der Waals surface area contributed by atoms with Crippen molar-refractivity contribution in [1.29, 1.82) is 0 Å². The van der Waals surface area contributed by atoms with Crippen LogP contribution in [0.3, 0.4) is 0 Å². The molecule has 0 aromatic heterocycles. The van der Waals surface area contributed by atoms with Gasteiger partial charge in [0.25, 0.3) is 5.91 Å². The molecule has 1 heterocycles. The van der Waals surface area contributed by atoms with Gasteiger partial charge in [-0.25, -0.2) is 4.39 Å². The Hall–Kier alpha value is -2.15. The van der Waals surface area contributed by atoms with E-state index in [0.717, 1.165) is 0 Å². The maximum atomic E-state index is 14.0. The number of carbonyl (C=O) groups is 2. The molecule has 1 N–H and O–H groups in total. The van der Waals surface area contributed by atoms with Crippen molar-refractivity contribution in [2.24, 2.45) is 0 Å². The van der Waals surface area contributed by atoms with E-state index >= 15 is 0 Å². The number of amides is 1. The van der Waals surface area contributed by atoms with Crippen LogP contribution in [0, 0.1) is 5.82 Å². The van der Waals surface area contributed by atoms with E-state index in [4.69, 9.17) is 5.11 Å². The average molecular weight is 337 g/mol. The first kappa shape index (κ1) is 18.2. The van der Waals surface area contributed by atoms with E-state index in [1.165, 1.54) is 6.07 Å². The van der Waals surface area contributed by atoms with Crippen LogP contribution in [0.4, 0.5) is 10.1 Å². The van der Waals surface area contributed by atoms with Crippen molar-refractivity contribution in [3.8, 4) is 0 Å². The summed E-state index contributed by atoms with van der Waals surface area (Å²) in [6, 6.07) is 4.46. The number of hydrogen-bond acceptors (Lipinski definition) is 4. The highest BCUT2D eigenvalue weighted by Crippen LogP contribution is 2.20. The predicted octanol–water partition coefficient (Wildman–Crippen LogP) is 1.51. The Balaban J connectivity index is 1.98.